The number of nitrogens with zero attached hydrogens (tertiary/aromatic N) is 3. The molecule has 1 fully saturated rings. The first-order chi connectivity index (χ1) is 13.3. The van der Waals surface area contributed by atoms with Crippen LogP contribution in [0.3, 0.4) is 0 Å². The van der Waals surface area contributed by atoms with Crippen LogP contribution in [0.15, 0.2) is 47.6 Å². The summed E-state index contributed by atoms with van der Waals surface area (Å²) in [6.07, 6.45) is 0.546. The van der Waals surface area contributed by atoms with Gasteiger partial charge in [-0.3, -0.25) is 10.2 Å². The van der Waals surface area contributed by atoms with Crippen LogP contribution < -0.4 is 10.3 Å². The van der Waals surface area contributed by atoms with Crippen molar-refractivity contribution in [3.8, 4) is 0 Å². The molecule has 1 saturated heterocycles. The number of hydrogen-bond donors (Lipinski definition) is 1. The van der Waals surface area contributed by atoms with Gasteiger partial charge in [-0.2, -0.15) is 5.10 Å². The number of hydrogen-bond acceptors (Lipinski definition) is 7. The number of nitrogens with one attached hydrogen (secondary N) is 1. The molecule has 27 heavy (non-hydrogen) atoms. The quantitative estimate of drug-likeness (QED) is 0.708. The number of benzene rings is 2. The molecular weight excluding hydrogens is 360 g/mol. The molecule has 5 rings (SSSR count). The molecule has 0 unspecified atom stereocenters. The third-order valence-electron chi connectivity index (χ3n) is 4.91. The average Bonchev–Trinajstić information content (AvgIpc) is 3.27. The molecule has 0 saturated carbocycles. The molecule has 2 aliphatic rings. The van der Waals surface area contributed by atoms with Gasteiger partial charge in [0, 0.05) is 30.8 Å². The lowest BCUT2D eigenvalue weighted by Gasteiger charge is -2.29. The van der Waals surface area contributed by atoms with Crippen molar-refractivity contribution < 1.29 is 9.53 Å². The van der Waals surface area contributed by atoms with Gasteiger partial charge in [-0.15, -0.1) is 0 Å². The fourth-order valence-corrected chi connectivity index (χ4v) is 4.32. The SMILES string of the molecule is O=C1/C(=N\Nc2nc3ccccc3s2)Cc2cc(N3CCOCC3)ccc21. The first-order valence-electron chi connectivity index (χ1n) is 8.96. The summed E-state index contributed by atoms with van der Waals surface area (Å²) in [5.41, 5.74) is 7.36. The number of Topliss-reactive ketones (excluding diaryl/α,β-unsaturated/α-hetero) is 1. The van der Waals surface area contributed by atoms with Crippen molar-refractivity contribution in [2.24, 2.45) is 5.10 Å². The maximum absolute atomic E-state index is 12.7. The van der Waals surface area contributed by atoms with Gasteiger partial charge in [0.05, 0.1) is 23.4 Å². The molecule has 1 aromatic heterocycles. The van der Waals surface area contributed by atoms with Crippen LogP contribution in [0.4, 0.5) is 10.8 Å². The van der Waals surface area contributed by atoms with Crippen molar-refractivity contribution in [2.45, 2.75) is 6.42 Å². The van der Waals surface area contributed by atoms with Gasteiger partial charge in [0.1, 0.15) is 5.71 Å². The van der Waals surface area contributed by atoms with Gasteiger partial charge in [-0.25, -0.2) is 4.98 Å². The number of para-hydroxylation sites is 1. The van der Waals surface area contributed by atoms with E-state index in [1.165, 1.54) is 11.3 Å². The lowest BCUT2D eigenvalue weighted by molar-refractivity contribution is 0.106. The van der Waals surface area contributed by atoms with Crippen LogP contribution in [0.25, 0.3) is 10.2 Å². The van der Waals surface area contributed by atoms with Gasteiger partial charge in [0.15, 0.2) is 0 Å². The van der Waals surface area contributed by atoms with Gasteiger partial charge in [0.25, 0.3) is 0 Å². The second-order valence-corrected chi connectivity index (χ2v) is 7.63. The van der Waals surface area contributed by atoms with E-state index in [-0.39, 0.29) is 5.78 Å². The van der Waals surface area contributed by atoms with E-state index in [1.54, 1.807) is 0 Å². The molecule has 2 aromatic carbocycles. The molecule has 1 aliphatic heterocycles. The Morgan fingerprint density at radius 1 is 1.15 bits per heavy atom. The number of thiazole rings is 1. The van der Waals surface area contributed by atoms with Crippen molar-refractivity contribution in [3.05, 3.63) is 53.6 Å². The van der Waals surface area contributed by atoms with E-state index in [0.717, 1.165) is 53.3 Å². The van der Waals surface area contributed by atoms with Gasteiger partial charge in [-0.1, -0.05) is 23.5 Å². The first-order valence-corrected chi connectivity index (χ1v) is 9.78. The Hall–Kier alpha value is -2.77. The predicted molar refractivity (Wildman–Crippen MR) is 108 cm³/mol. The normalized spacial score (nSPS) is 18.3. The van der Waals surface area contributed by atoms with Gasteiger partial charge in [0.2, 0.25) is 10.9 Å². The summed E-state index contributed by atoms with van der Waals surface area (Å²) < 4.78 is 6.51. The Labute approximate surface area is 160 Å². The fraction of sp³-hybridized carbons (Fsp3) is 0.250. The number of ether oxygens (including phenoxy) is 1. The number of aromatic nitrogens is 1. The first kappa shape index (κ1) is 16.4. The Bertz CT molecular complexity index is 1020. The number of carbonyl (C=O) groups is 1. The molecule has 0 spiro atoms. The van der Waals surface area contributed by atoms with Crippen LogP contribution in [-0.4, -0.2) is 42.8 Å². The molecule has 3 aromatic rings. The van der Waals surface area contributed by atoms with Crippen LogP contribution in [0.2, 0.25) is 0 Å². The van der Waals surface area contributed by atoms with Crippen molar-refractivity contribution in [1.82, 2.24) is 4.98 Å². The van der Waals surface area contributed by atoms with Gasteiger partial charge >= 0.3 is 0 Å². The highest BCUT2D eigenvalue weighted by Gasteiger charge is 2.27. The van der Waals surface area contributed by atoms with Crippen molar-refractivity contribution in [1.29, 1.82) is 0 Å². The topological polar surface area (TPSA) is 66.8 Å². The zero-order chi connectivity index (χ0) is 18.2. The Kier molecular flexibility index (Phi) is 4.10. The third kappa shape index (κ3) is 3.09. The van der Waals surface area contributed by atoms with Crippen LogP contribution >= 0.6 is 11.3 Å². The zero-order valence-electron chi connectivity index (χ0n) is 14.6. The number of rotatable bonds is 3. The summed E-state index contributed by atoms with van der Waals surface area (Å²) in [5, 5.41) is 5.05. The van der Waals surface area contributed by atoms with E-state index in [1.807, 2.05) is 36.4 Å². The molecular formula is C20H18N4O2S. The fourth-order valence-electron chi connectivity index (χ4n) is 3.51. The zero-order valence-corrected chi connectivity index (χ0v) is 15.5. The number of carbonyl (C=O) groups excluding carboxylic acids is 1. The second kappa shape index (κ2) is 6.75. The van der Waals surface area contributed by atoms with E-state index < -0.39 is 0 Å². The third-order valence-corrected chi connectivity index (χ3v) is 5.85. The minimum atomic E-state index is -0.00728. The largest absolute Gasteiger partial charge is 0.378 e. The molecule has 0 atom stereocenters. The summed E-state index contributed by atoms with van der Waals surface area (Å²) in [7, 11) is 0. The van der Waals surface area contributed by atoms with Crippen molar-refractivity contribution in [3.63, 3.8) is 0 Å². The second-order valence-electron chi connectivity index (χ2n) is 6.60. The number of morpholine rings is 1. The summed E-state index contributed by atoms with van der Waals surface area (Å²) in [6, 6.07) is 14.0. The molecule has 7 heteroatoms. The highest BCUT2D eigenvalue weighted by Crippen LogP contribution is 2.28. The Morgan fingerprint density at radius 2 is 2.00 bits per heavy atom. The number of hydrazone groups is 1. The standard InChI is InChI=1S/C20H18N4O2S/c25-19-15-6-5-14(24-7-9-26-10-8-24)11-13(15)12-17(19)22-23-20-21-16-3-1-2-4-18(16)27-20/h1-6,11H,7-10,12H2,(H,21,23)/b22-17-. The maximum Gasteiger partial charge on any atom is 0.209 e. The van der Waals surface area contributed by atoms with Gasteiger partial charge < -0.3 is 9.64 Å². The van der Waals surface area contributed by atoms with Crippen LogP contribution in [0.5, 0.6) is 0 Å². The molecule has 2 heterocycles. The average molecular weight is 378 g/mol. The predicted octanol–water partition coefficient (Wildman–Crippen LogP) is 3.34. The summed E-state index contributed by atoms with van der Waals surface area (Å²) >= 11 is 1.53. The van der Waals surface area contributed by atoms with Crippen LogP contribution in [0, 0.1) is 0 Å². The molecule has 1 aliphatic carbocycles. The summed E-state index contributed by atoms with van der Waals surface area (Å²) in [6.45, 7) is 3.25. The lowest BCUT2D eigenvalue weighted by atomic mass is 10.1. The Morgan fingerprint density at radius 3 is 2.85 bits per heavy atom. The van der Waals surface area contributed by atoms with Gasteiger partial charge in [-0.05, 0) is 35.9 Å². The van der Waals surface area contributed by atoms with E-state index in [9.17, 15) is 4.79 Å². The minimum absolute atomic E-state index is 0.00728. The summed E-state index contributed by atoms with van der Waals surface area (Å²) in [4.78, 5) is 19.4. The lowest BCUT2D eigenvalue weighted by Crippen LogP contribution is -2.36. The number of fused-ring (bicyclic) bond motifs is 2. The van der Waals surface area contributed by atoms with E-state index in [4.69, 9.17) is 4.74 Å². The van der Waals surface area contributed by atoms with Crippen molar-refractivity contribution >= 4 is 43.9 Å². The van der Waals surface area contributed by atoms with E-state index in [2.05, 4.69) is 26.5 Å². The molecule has 0 amide bonds. The van der Waals surface area contributed by atoms with Crippen molar-refractivity contribution in [2.75, 3.05) is 36.6 Å². The number of ketones is 1. The van der Waals surface area contributed by atoms with E-state index >= 15 is 0 Å². The monoisotopic (exact) mass is 378 g/mol. The smallest absolute Gasteiger partial charge is 0.209 e. The van der Waals surface area contributed by atoms with Crippen LogP contribution in [-0.2, 0) is 11.2 Å². The van der Waals surface area contributed by atoms with Crippen LogP contribution in [0.1, 0.15) is 15.9 Å². The summed E-state index contributed by atoms with van der Waals surface area (Å²) in [5.74, 6) is -0.00728. The Balaban J connectivity index is 1.36. The maximum atomic E-state index is 12.7. The minimum Gasteiger partial charge on any atom is -0.378 e. The van der Waals surface area contributed by atoms with E-state index in [0.29, 0.717) is 17.3 Å². The highest BCUT2D eigenvalue weighted by atomic mass is 32.1. The molecule has 136 valence electrons. The molecule has 0 radical (unpaired) electrons. The molecule has 0 bridgehead atoms. The molecule has 1 N–H and O–H groups in total. The highest BCUT2D eigenvalue weighted by molar-refractivity contribution is 7.22. The number of anilines is 2. The molecule has 6 nitrogen and oxygen atoms in total.